The van der Waals surface area contributed by atoms with Crippen LogP contribution in [0.1, 0.15) is 0 Å². The van der Waals surface area contributed by atoms with Crippen LogP contribution in [0.15, 0.2) is 162 Å². The van der Waals surface area contributed by atoms with Gasteiger partial charge >= 0.3 is 0 Å². The van der Waals surface area contributed by atoms with Crippen molar-refractivity contribution in [2.24, 2.45) is 0 Å². The lowest BCUT2D eigenvalue weighted by Crippen LogP contribution is -1.90. The molecule has 0 saturated carbocycles. The highest BCUT2D eigenvalue weighted by molar-refractivity contribution is 6.21. The van der Waals surface area contributed by atoms with Gasteiger partial charge in [0, 0.05) is 10.8 Å². The van der Waals surface area contributed by atoms with E-state index in [2.05, 4.69) is 146 Å². The van der Waals surface area contributed by atoms with Gasteiger partial charge in [0.2, 0.25) is 0 Å². The van der Waals surface area contributed by atoms with E-state index in [1.165, 1.54) is 65.7 Å². The number of rotatable bonds is 3. The second-order valence-corrected chi connectivity index (χ2v) is 11.3. The fraction of sp³-hybridized carbons (Fsp3) is 0. The zero-order valence-electron chi connectivity index (χ0n) is 23.4. The lowest BCUT2D eigenvalue weighted by atomic mass is 9.85. The van der Waals surface area contributed by atoms with Gasteiger partial charge in [-0.1, -0.05) is 127 Å². The normalized spacial score (nSPS) is 11.7. The molecule has 1 heterocycles. The molecule has 9 rings (SSSR count). The molecule has 8 aromatic carbocycles. The molecule has 0 unspecified atom stereocenters. The Morgan fingerprint density at radius 3 is 1.42 bits per heavy atom. The predicted octanol–water partition coefficient (Wildman–Crippen LogP) is 12.0. The molecule has 0 radical (unpaired) electrons. The van der Waals surface area contributed by atoms with Crippen LogP contribution in [0.4, 0.5) is 0 Å². The van der Waals surface area contributed by atoms with E-state index in [4.69, 9.17) is 4.42 Å². The average Bonchev–Trinajstić information content (AvgIpc) is 3.45. The smallest absolute Gasteiger partial charge is 0.135 e. The summed E-state index contributed by atoms with van der Waals surface area (Å²) in [6, 6.07) is 56.9. The Balaban J connectivity index is 1.21. The van der Waals surface area contributed by atoms with Gasteiger partial charge in [0.05, 0.1) is 0 Å². The largest absolute Gasteiger partial charge is 0.456 e. The number of fused-ring (bicyclic) bond motifs is 6. The Labute approximate surface area is 249 Å². The number of furan rings is 1. The van der Waals surface area contributed by atoms with Gasteiger partial charge in [0.25, 0.3) is 0 Å². The van der Waals surface area contributed by atoms with Crippen LogP contribution in [0.2, 0.25) is 0 Å². The van der Waals surface area contributed by atoms with Gasteiger partial charge in [-0.15, -0.1) is 0 Å². The molecule has 0 aliphatic heterocycles. The maximum atomic E-state index is 6.06. The van der Waals surface area contributed by atoms with Crippen molar-refractivity contribution < 1.29 is 4.42 Å². The first-order valence-electron chi connectivity index (χ1n) is 14.8. The lowest BCUT2D eigenvalue weighted by molar-refractivity contribution is 0.669. The molecule has 1 aromatic heterocycles. The van der Waals surface area contributed by atoms with Crippen molar-refractivity contribution in [3.05, 3.63) is 158 Å². The molecule has 1 nitrogen and oxygen atoms in total. The van der Waals surface area contributed by atoms with Crippen molar-refractivity contribution in [1.82, 2.24) is 0 Å². The summed E-state index contributed by atoms with van der Waals surface area (Å²) < 4.78 is 6.06. The van der Waals surface area contributed by atoms with E-state index in [-0.39, 0.29) is 0 Å². The van der Waals surface area contributed by atoms with Crippen molar-refractivity contribution in [3.63, 3.8) is 0 Å². The summed E-state index contributed by atoms with van der Waals surface area (Å²) in [5.74, 6) is 0. The molecule has 200 valence electrons. The van der Waals surface area contributed by atoms with Crippen LogP contribution in [0, 0.1) is 0 Å². The third kappa shape index (κ3) is 3.79. The molecule has 0 aliphatic carbocycles. The van der Waals surface area contributed by atoms with Gasteiger partial charge in [-0.2, -0.15) is 0 Å². The first-order chi connectivity index (χ1) is 21.3. The van der Waals surface area contributed by atoms with Gasteiger partial charge in [0.15, 0.2) is 0 Å². The first-order valence-corrected chi connectivity index (χ1v) is 14.8. The highest BCUT2D eigenvalue weighted by Gasteiger charge is 2.16. The standard InChI is InChI=1S/C42H26O/c1-2-10-27(11-3-1)41-34-13-4-6-15-36(34)42(37-16-7-5-14-35(37)41)32-21-20-28-24-29(18-19-30(28)25-32)31-22-23-40-38(26-31)33-12-8-9-17-39(33)43-40/h1-26H. The van der Waals surface area contributed by atoms with Crippen LogP contribution in [-0.4, -0.2) is 0 Å². The maximum Gasteiger partial charge on any atom is 0.135 e. The van der Waals surface area contributed by atoms with Gasteiger partial charge < -0.3 is 4.42 Å². The predicted molar refractivity (Wildman–Crippen MR) is 183 cm³/mol. The molecule has 0 amide bonds. The molecule has 0 saturated heterocycles. The summed E-state index contributed by atoms with van der Waals surface area (Å²) in [5, 5.41) is 9.88. The van der Waals surface area contributed by atoms with Crippen molar-refractivity contribution in [2.45, 2.75) is 0 Å². The van der Waals surface area contributed by atoms with Crippen molar-refractivity contribution in [3.8, 4) is 33.4 Å². The van der Waals surface area contributed by atoms with Crippen LogP contribution in [0.3, 0.4) is 0 Å². The molecule has 9 aromatic rings. The molecule has 0 atom stereocenters. The monoisotopic (exact) mass is 546 g/mol. The second-order valence-electron chi connectivity index (χ2n) is 11.3. The third-order valence-corrected chi connectivity index (χ3v) is 8.83. The van der Waals surface area contributed by atoms with E-state index < -0.39 is 0 Å². The van der Waals surface area contributed by atoms with Gasteiger partial charge in [0.1, 0.15) is 11.2 Å². The van der Waals surface area contributed by atoms with E-state index in [0.29, 0.717) is 0 Å². The molecule has 0 spiro atoms. The number of para-hydroxylation sites is 1. The van der Waals surface area contributed by atoms with Gasteiger partial charge in [-0.25, -0.2) is 0 Å². The van der Waals surface area contributed by atoms with Gasteiger partial charge in [-0.3, -0.25) is 0 Å². The van der Waals surface area contributed by atoms with Crippen LogP contribution in [-0.2, 0) is 0 Å². The van der Waals surface area contributed by atoms with E-state index in [0.717, 1.165) is 21.9 Å². The summed E-state index contributed by atoms with van der Waals surface area (Å²) in [6.07, 6.45) is 0. The van der Waals surface area contributed by atoms with Crippen molar-refractivity contribution in [1.29, 1.82) is 0 Å². The highest BCUT2D eigenvalue weighted by Crippen LogP contribution is 2.44. The number of hydrogen-bond acceptors (Lipinski definition) is 1. The third-order valence-electron chi connectivity index (χ3n) is 8.83. The summed E-state index contributed by atoms with van der Waals surface area (Å²) >= 11 is 0. The molecular weight excluding hydrogens is 520 g/mol. The Hall–Kier alpha value is -5.66. The van der Waals surface area contributed by atoms with E-state index >= 15 is 0 Å². The molecule has 0 bridgehead atoms. The molecule has 1 heteroatoms. The minimum atomic E-state index is 0.924. The van der Waals surface area contributed by atoms with Crippen LogP contribution >= 0.6 is 0 Å². The zero-order valence-corrected chi connectivity index (χ0v) is 23.4. The van der Waals surface area contributed by atoms with Crippen LogP contribution < -0.4 is 0 Å². The molecule has 0 aliphatic rings. The SMILES string of the molecule is c1ccc(-c2c3ccccc3c(-c3ccc4cc(-c5ccc6oc7ccccc7c6c5)ccc4c3)c3ccccc23)cc1. The quantitative estimate of drug-likeness (QED) is 0.201. The van der Waals surface area contributed by atoms with Crippen molar-refractivity contribution in [2.75, 3.05) is 0 Å². The highest BCUT2D eigenvalue weighted by atomic mass is 16.3. The Morgan fingerprint density at radius 2 is 0.744 bits per heavy atom. The second kappa shape index (κ2) is 9.44. The summed E-state index contributed by atoms with van der Waals surface area (Å²) in [7, 11) is 0. The summed E-state index contributed by atoms with van der Waals surface area (Å²) in [5.41, 5.74) is 9.31. The summed E-state index contributed by atoms with van der Waals surface area (Å²) in [6.45, 7) is 0. The number of benzene rings is 8. The molecular formula is C42H26O. The maximum absolute atomic E-state index is 6.06. The average molecular weight is 547 g/mol. The Morgan fingerprint density at radius 1 is 0.279 bits per heavy atom. The fourth-order valence-electron chi connectivity index (χ4n) is 6.84. The minimum absolute atomic E-state index is 0.924. The summed E-state index contributed by atoms with van der Waals surface area (Å²) in [4.78, 5) is 0. The van der Waals surface area contributed by atoms with Gasteiger partial charge in [-0.05, 0) is 96.0 Å². The Kier molecular flexibility index (Phi) is 5.27. The molecule has 43 heavy (non-hydrogen) atoms. The zero-order chi connectivity index (χ0) is 28.3. The number of hydrogen-bond donors (Lipinski definition) is 0. The minimum Gasteiger partial charge on any atom is -0.456 e. The topological polar surface area (TPSA) is 13.1 Å². The van der Waals surface area contributed by atoms with E-state index in [9.17, 15) is 0 Å². The fourth-order valence-corrected chi connectivity index (χ4v) is 6.84. The Bertz CT molecular complexity index is 2440. The molecule has 0 N–H and O–H groups in total. The van der Waals surface area contributed by atoms with E-state index in [1.807, 2.05) is 12.1 Å². The van der Waals surface area contributed by atoms with Crippen LogP contribution in [0.5, 0.6) is 0 Å². The van der Waals surface area contributed by atoms with Crippen LogP contribution in [0.25, 0.3) is 87.6 Å². The van der Waals surface area contributed by atoms with E-state index in [1.54, 1.807) is 0 Å². The first kappa shape index (κ1) is 24.0. The lowest BCUT2D eigenvalue weighted by Gasteiger charge is -2.18. The molecule has 0 fully saturated rings. The van der Waals surface area contributed by atoms with Crippen molar-refractivity contribution >= 4 is 54.3 Å².